The Hall–Kier alpha value is -1.08. The van der Waals surface area contributed by atoms with Gasteiger partial charge >= 0.3 is 0 Å². The molecule has 0 spiro atoms. The first-order valence-electron chi connectivity index (χ1n) is 5.12. The molecule has 1 N–H and O–H groups in total. The summed E-state index contributed by atoms with van der Waals surface area (Å²) in [4.78, 5) is 0. The summed E-state index contributed by atoms with van der Waals surface area (Å²) < 4.78 is 0. The molecule has 14 heavy (non-hydrogen) atoms. The van der Waals surface area contributed by atoms with Crippen molar-refractivity contribution in [1.29, 1.82) is 0 Å². The van der Waals surface area contributed by atoms with Crippen LogP contribution in [0.3, 0.4) is 0 Å². The normalized spacial score (nSPS) is 13.4. The van der Waals surface area contributed by atoms with Crippen LogP contribution in [0.5, 0.6) is 0 Å². The number of benzene rings is 1. The molecule has 0 radical (unpaired) electrons. The van der Waals surface area contributed by atoms with Crippen LogP contribution in [0.25, 0.3) is 0 Å². The fourth-order valence-electron chi connectivity index (χ4n) is 1.34. The average molecular weight is 190 g/mol. The molecular weight excluding hydrogens is 172 g/mol. The summed E-state index contributed by atoms with van der Waals surface area (Å²) in [6.07, 6.45) is 5.29. The van der Waals surface area contributed by atoms with Gasteiger partial charge in [0.15, 0.2) is 0 Å². The quantitative estimate of drug-likeness (QED) is 0.724. The third-order valence-corrected chi connectivity index (χ3v) is 2.21. The Morgan fingerprint density at radius 1 is 1.43 bits per heavy atom. The third kappa shape index (κ3) is 3.75. The second-order valence-corrected chi connectivity index (χ2v) is 3.60. The molecule has 0 aliphatic rings. The highest BCUT2D eigenvalue weighted by Gasteiger charge is 1.93. The van der Waals surface area contributed by atoms with E-state index in [0.29, 0.717) is 0 Å². The van der Waals surface area contributed by atoms with Crippen molar-refractivity contribution in [2.24, 2.45) is 0 Å². The van der Waals surface area contributed by atoms with Crippen molar-refractivity contribution in [3.63, 3.8) is 0 Å². The molecule has 0 saturated carbocycles. The van der Waals surface area contributed by atoms with Crippen LogP contribution < -0.4 is 0 Å². The maximum Gasteiger partial charge on any atom is 0.0718 e. The van der Waals surface area contributed by atoms with E-state index in [-0.39, 0.29) is 6.10 Å². The SMILES string of the molecule is CCC(O)C=CCc1cccc(C)c1. The summed E-state index contributed by atoms with van der Waals surface area (Å²) in [7, 11) is 0. The minimum Gasteiger partial charge on any atom is -0.389 e. The summed E-state index contributed by atoms with van der Waals surface area (Å²) >= 11 is 0. The van der Waals surface area contributed by atoms with E-state index in [1.165, 1.54) is 11.1 Å². The van der Waals surface area contributed by atoms with Crippen molar-refractivity contribution >= 4 is 0 Å². The topological polar surface area (TPSA) is 20.2 Å². The molecule has 1 aromatic rings. The number of aliphatic hydroxyl groups is 1. The Morgan fingerprint density at radius 2 is 2.21 bits per heavy atom. The zero-order valence-electron chi connectivity index (χ0n) is 8.90. The highest BCUT2D eigenvalue weighted by atomic mass is 16.3. The van der Waals surface area contributed by atoms with Crippen LogP contribution in [0.1, 0.15) is 24.5 Å². The maximum atomic E-state index is 9.30. The second kappa shape index (κ2) is 5.61. The molecule has 0 heterocycles. The summed E-state index contributed by atoms with van der Waals surface area (Å²) in [5.41, 5.74) is 2.58. The van der Waals surface area contributed by atoms with E-state index in [1.54, 1.807) is 0 Å². The standard InChI is InChI=1S/C13H18O/c1-3-13(14)9-5-8-12-7-4-6-11(2)10-12/h4-7,9-10,13-14H,3,8H2,1-2H3. The molecule has 0 fully saturated rings. The average Bonchev–Trinajstić information content (AvgIpc) is 2.17. The Labute approximate surface area is 86.1 Å². The lowest BCUT2D eigenvalue weighted by Gasteiger charge is -2.00. The lowest BCUT2D eigenvalue weighted by molar-refractivity contribution is 0.219. The molecule has 1 aromatic carbocycles. The van der Waals surface area contributed by atoms with Crippen LogP contribution in [0.15, 0.2) is 36.4 Å². The summed E-state index contributed by atoms with van der Waals surface area (Å²) in [5.74, 6) is 0. The van der Waals surface area contributed by atoms with Gasteiger partial charge < -0.3 is 5.11 Å². The lowest BCUT2D eigenvalue weighted by atomic mass is 10.1. The monoisotopic (exact) mass is 190 g/mol. The second-order valence-electron chi connectivity index (χ2n) is 3.60. The molecule has 0 saturated heterocycles. The molecule has 0 aliphatic carbocycles. The smallest absolute Gasteiger partial charge is 0.0718 e. The Balaban J connectivity index is 2.49. The van der Waals surface area contributed by atoms with E-state index in [0.717, 1.165) is 12.8 Å². The predicted octanol–water partition coefficient (Wildman–Crippen LogP) is 2.86. The van der Waals surface area contributed by atoms with E-state index in [2.05, 4.69) is 31.2 Å². The molecule has 0 aliphatic heterocycles. The van der Waals surface area contributed by atoms with E-state index in [9.17, 15) is 5.11 Å². The number of rotatable bonds is 4. The number of aryl methyl sites for hydroxylation is 1. The van der Waals surface area contributed by atoms with Crippen molar-refractivity contribution in [1.82, 2.24) is 0 Å². The first kappa shape index (κ1) is 11.0. The van der Waals surface area contributed by atoms with Gasteiger partial charge in [0.05, 0.1) is 6.10 Å². The molecule has 1 unspecified atom stereocenters. The van der Waals surface area contributed by atoms with Crippen LogP contribution in [0.2, 0.25) is 0 Å². The van der Waals surface area contributed by atoms with Gasteiger partial charge in [-0.1, -0.05) is 48.9 Å². The van der Waals surface area contributed by atoms with Crippen molar-refractivity contribution in [2.45, 2.75) is 32.8 Å². The molecule has 76 valence electrons. The zero-order valence-corrected chi connectivity index (χ0v) is 8.90. The first-order valence-corrected chi connectivity index (χ1v) is 5.12. The minimum atomic E-state index is -0.292. The van der Waals surface area contributed by atoms with Crippen molar-refractivity contribution in [3.8, 4) is 0 Å². The molecular formula is C13H18O. The van der Waals surface area contributed by atoms with Crippen LogP contribution in [-0.2, 0) is 6.42 Å². The maximum absolute atomic E-state index is 9.30. The van der Waals surface area contributed by atoms with E-state index in [4.69, 9.17) is 0 Å². The van der Waals surface area contributed by atoms with Crippen LogP contribution >= 0.6 is 0 Å². The van der Waals surface area contributed by atoms with Gasteiger partial charge in [0.2, 0.25) is 0 Å². The van der Waals surface area contributed by atoms with Crippen LogP contribution in [0, 0.1) is 6.92 Å². The fourth-order valence-corrected chi connectivity index (χ4v) is 1.34. The van der Waals surface area contributed by atoms with Gasteiger partial charge in [-0.05, 0) is 25.3 Å². The Kier molecular flexibility index (Phi) is 4.41. The highest BCUT2D eigenvalue weighted by molar-refractivity contribution is 5.24. The predicted molar refractivity (Wildman–Crippen MR) is 60.3 cm³/mol. The van der Waals surface area contributed by atoms with Gasteiger partial charge in [-0.25, -0.2) is 0 Å². The zero-order chi connectivity index (χ0) is 10.4. The number of hydrogen-bond donors (Lipinski definition) is 1. The third-order valence-electron chi connectivity index (χ3n) is 2.21. The molecule has 1 atom stereocenters. The van der Waals surface area contributed by atoms with Gasteiger partial charge in [-0.3, -0.25) is 0 Å². The largest absolute Gasteiger partial charge is 0.389 e. The van der Waals surface area contributed by atoms with E-state index in [1.807, 2.05) is 19.1 Å². The van der Waals surface area contributed by atoms with Crippen molar-refractivity contribution < 1.29 is 5.11 Å². The molecule has 0 bridgehead atoms. The summed E-state index contributed by atoms with van der Waals surface area (Å²) in [6, 6.07) is 8.43. The van der Waals surface area contributed by atoms with Gasteiger partial charge in [0.1, 0.15) is 0 Å². The van der Waals surface area contributed by atoms with Crippen LogP contribution in [-0.4, -0.2) is 11.2 Å². The fraction of sp³-hybridized carbons (Fsp3) is 0.385. The number of allylic oxidation sites excluding steroid dienone is 1. The van der Waals surface area contributed by atoms with Crippen LogP contribution in [0.4, 0.5) is 0 Å². The molecule has 0 amide bonds. The van der Waals surface area contributed by atoms with E-state index < -0.39 is 0 Å². The summed E-state index contributed by atoms with van der Waals surface area (Å²) in [6.45, 7) is 4.07. The molecule has 1 nitrogen and oxygen atoms in total. The van der Waals surface area contributed by atoms with Gasteiger partial charge in [-0.15, -0.1) is 0 Å². The van der Waals surface area contributed by atoms with Gasteiger partial charge in [-0.2, -0.15) is 0 Å². The lowest BCUT2D eigenvalue weighted by Crippen LogP contribution is -1.98. The minimum absolute atomic E-state index is 0.292. The number of aliphatic hydroxyl groups excluding tert-OH is 1. The van der Waals surface area contributed by atoms with Crippen molar-refractivity contribution in [2.75, 3.05) is 0 Å². The Morgan fingerprint density at radius 3 is 2.86 bits per heavy atom. The van der Waals surface area contributed by atoms with Crippen molar-refractivity contribution in [3.05, 3.63) is 47.5 Å². The summed E-state index contributed by atoms with van der Waals surface area (Å²) in [5, 5.41) is 9.30. The number of hydrogen-bond acceptors (Lipinski definition) is 1. The van der Waals surface area contributed by atoms with Gasteiger partial charge in [0, 0.05) is 0 Å². The highest BCUT2D eigenvalue weighted by Crippen LogP contribution is 2.05. The van der Waals surface area contributed by atoms with E-state index >= 15 is 0 Å². The first-order chi connectivity index (χ1) is 6.72. The molecule has 0 aromatic heterocycles. The van der Waals surface area contributed by atoms with Gasteiger partial charge in [0.25, 0.3) is 0 Å². The molecule has 1 rings (SSSR count). The molecule has 1 heteroatoms. The Bertz CT molecular complexity index is 302.